The van der Waals surface area contributed by atoms with Gasteiger partial charge in [-0.25, -0.2) is 9.97 Å². The van der Waals surface area contributed by atoms with E-state index in [-0.39, 0.29) is 0 Å². The average molecular weight is 409 g/mol. The highest BCUT2D eigenvalue weighted by Crippen LogP contribution is 2.38. The maximum absolute atomic E-state index is 5.00. The van der Waals surface area contributed by atoms with Gasteiger partial charge < -0.3 is 10.2 Å². The number of anilines is 1. The van der Waals surface area contributed by atoms with Crippen LogP contribution in [-0.2, 0) is 19.3 Å². The van der Waals surface area contributed by atoms with Crippen molar-refractivity contribution in [3.8, 4) is 0 Å². The van der Waals surface area contributed by atoms with Crippen LogP contribution >= 0.6 is 11.3 Å². The molecular formula is C24H32N4S. The minimum Gasteiger partial charge on any atom is -0.369 e. The van der Waals surface area contributed by atoms with Gasteiger partial charge in [-0.3, -0.25) is 0 Å². The highest BCUT2D eigenvalue weighted by atomic mass is 32.1. The lowest BCUT2D eigenvalue weighted by atomic mass is 9.97. The van der Waals surface area contributed by atoms with Crippen molar-refractivity contribution < 1.29 is 0 Å². The summed E-state index contributed by atoms with van der Waals surface area (Å²) in [5.74, 6) is 1.98. The Labute approximate surface area is 178 Å². The second kappa shape index (κ2) is 9.68. The maximum atomic E-state index is 5.00. The zero-order valence-corrected chi connectivity index (χ0v) is 18.5. The van der Waals surface area contributed by atoms with E-state index in [1.165, 1.54) is 51.9 Å². The van der Waals surface area contributed by atoms with Crippen LogP contribution in [-0.4, -0.2) is 41.0 Å². The summed E-state index contributed by atoms with van der Waals surface area (Å²) < 4.78 is 0. The summed E-state index contributed by atoms with van der Waals surface area (Å²) in [5, 5.41) is 4.98. The predicted octanol–water partition coefficient (Wildman–Crippen LogP) is 5.30. The Kier molecular flexibility index (Phi) is 6.78. The Morgan fingerprint density at radius 3 is 2.62 bits per heavy atom. The molecule has 1 aliphatic rings. The average Bonchev–Trinajstić information content (AvgIpc) is 3.13. The van der Waals surface area contributed by atoms with Gasteiger partial charge in [-0.1, -0.05) is 44.2 Å². The van der Waals surface area contributed by atoms with E-state index in [0.29, 0.717) is 0 Å². The number of hydrogen-bond donors (Lipinski definition) is 1. The number of aromatic nitrogens is 2. The molecule has 5 heteroatoms. The highest BCUT2D eigenvalue weighted by molar-refractivity contribution is 7.19. The highest BCUT2D eigenvalue weighted by Gasteiger charge is 2.21. The fraction of sp³-hybridized carbons (Fsp3) is 0.500. The third kappa shape index (κ3) is 4.78. The molecule has 29 heavy (non-hydrogen) atoms. The number of aryl methyl sites for hydroxylation is 2. The molecule has 1 aliphatic carbocycles. The summed E-state index contributed by atoms with van der Waals surface area (Å²) in [6.07, 6.45) is 6.88. The quantitative estimate of drug-likeness (QED) is 0.488. The fourth-order valence-corrected chi connectivity index (χ4v) is 5.52. The predicted molar refractivity (Wildman–Crippen MR) is 124 cm³/mol. The van der Waals surface area contributed by atoms with Gasteiger partial charge in [0.1, 0.15) is 16.5 Å². The molecule has 0 saturated heterocycles. The molecule has 0 spiro atoms. The molecular weight excluding hydrogens is 376 g/mol. The van der Waals surface area contributed by atoms with E-state index in [1.807, 2.05) is 11.3 Å². The van der Waals surface area contributed by atoms with Crippen molar-refractivity contribution in [2.75, 3.05) is 31.5 Å². The second-order valence-corrected chi connectivity index (χ2v) is 8.93. The van der Waals surface area contributed by atoms with Gasteiger partial charge in [-0.15, -0.1) is 11.3 Å². The number of nitrogens with one attached hydrogen (secondary N) is 1. The Morgan fingerprint density at radius 1 is 1.03 bits per heavy atom. The first-order valence-corrected chi connectivity index (χ1v) is 11.9. The first kappa shape index (κ1) is 20.3. The molecule has 1 N–H and O–H groups in total. The third-order valence-electron chi connectivity index (χ3n) is 5.90. The van der Waals surface area contributed by atoms with E-state index in [2.05, 4.69) is 54.4 Å². The zero-order valence-electron chi connectivity index (χ0n) is 17.7. The van der Waals surface area contributed by atoms with Crippen molar-refractivity contribution in [2.45, 2.75) is 52.4 Å². The molecule has 3 aromatic rings. The summed E-state index contributed by atoms with van der Waals surface area (Å²) in [6.45, 7) is 8.79. The summed E-state index contributed by atoms with van der Waals surface area (Å²) >= 11 is 1.89. The largest absolute Gasteiger partial charge is 0.369 e. The first-order chi connectivity index (χ1) is 14.3. The van der Waals surface area contributed by atoms with Crippen molar-refractivity contribution in [1.29, 1.82) is 0 Å². The summed E-state index contributed by atoms with van der Waals surface area (Å²) in [4.78, 5) is 15.2. The molecule has 0 fully saturated rings. The van der Waals surface area contributed by atoms with Crippen molar-refractivity contribution in [2.24, 2.45) is 0 Å². The number of nitrogens with zero attached hydrogens (tertiary/aromatic N) is 3. The van der Waals surface area contributed by atoms with Crippen LogP contribution < -0.4 is 5.32 Å². The Balaban J connectivity index is 1.59. The lowest BCUT2D eigenvalue weighted by Gasteiger charge is -2.18. The molecule has 0 amide bonds. The maximum Gasteiger partial charge on any atom is 0.138 e. The van der Waals surface area contributed by atoms with E-state index < -0.39 is 0 Å². The minimum atomic E-state index is 0.785. The molecule has 4 nitrogen and oxygen atoms in total. The Morgan fingerprint density at radius 2 is 1.83 bits per heavy atom. The number of thiophene rings is 1. The van der Waals surface area contributed by atoms with Crippen LogP contribution in [0.15, 0.2) is 30.3 Å². The second-order valence-electron chi connectivity index (χ2n) is 7.85. The van der Waals surface area contributed by atoms with Gasteiger partial charge >= 0.3 is 0 Å². The van der Waals surface area contributed by atoms with Gasteiger partial charge in [0, 0.05) is 17.8 Å². The molecule has 1 aromatic carbocycles. The Bertz CT molecular complexity index is 931. The van der Waals surface area contributed by atoms with Crippen LogP contribution in [0, 0.1) is 0 Å². The number of hydrogen-bond acceptors (Lipinski definition) is 5. The van der Waals surface area contributed by atoms with Crippen molar-refractivity contribution in [3.63, 3.8) is 0 Å². The van der Waals surface area contributed by atoms with E-state index >= 15 is 0 Å². The van der Waals surface area contributed by atoms with Crippen LogP contribution in [0.3, 0.4) is 0 Å². The van der Waals surface area contributed by atoms with Gasteiger partial charge in [-0.2, -0.15) is 0 Å². The van der Waals surface area contributed by atoms with Gasteiger partial charge in [-0.05, 0) is 62.9 Å². The van der Waals surface area contributed by atoms with Gasteiger partial charge in [0.2, 0.25) is 0 Å². The van der Waals surface area contributed by atoms with Gasteiger partial charge in [0.05, 0.1) is 5.39 Å². The monoisotopic (exact) mass is 408 g/mol. The number of fused-ring (bicyclic) bond motifs is 3. The van der Waals surface area contributed by atoms with Crippen LogP contribution in [0.2, 0.25) is 0 Å². The Hall–Kier alpha value is -1.98. The van der Waals surface area contributed by atoms with Crippen LogP contribution in [0.4, 0.5) is 5.82 Å². The SMILES string of the molecule is CCN(CC)CCCNc1nc(Cc2ccccc2)nc2sc3c(c12)CCCC3. The van der Waals surface area contributed by atoms with E-state index in [9.17, 15) is 0 Å². The lowest BCUT2D eigenvalue weighted by Crippen LogP contribution is -2.25. The molecule has 0 atom stereocenters. The van der Waals surface area contributed by atoms with Gasteiger partial charge in [0.25, 0.3) is 0 Å². The van der Waals surface area contributed by atoms with E-state index in [4.69, 9.17) is 9.97 Å². The van der Waals surface area contributed by atoms with Gasteiger partial charge in [0.15, 0.2) is 0 Å². The summed E-state index contributed by atoms with van der Waals surface area (Å²) in [5.41, 5.74) is 2.77. The molecule has 0 unspecified atom stereocenters. The molecule has 2 heterocycles. The smallest absolute Gasteiger partial charge is 0.138 e. The molecule has 0 bridgehead atoms. The third-order valence-corrected chi connectivity index (χ3v) is 7.09. The fourth-order valence-electron chi connectivity index (χ4n) is 4.24. The van der Waals surface area contributed by atoms with Crippen LogP contribution in [0.25, 0.3) is 10.2 Å². The van der Waals surface area contributed by atoms with Crippen molar-refractivity contribution >= 4 is 27.4 Å². The summed E-state index contributed by atoms with van der Waals surface area (Å²) in [7, 11) is 0. The van der Waals surface area contributed by atoms with Crippen molar-refractivity contribution in [1.82, 2.24) is 14.9 Å². The molecule has 0 aliphatic heterocycles. The molecule has 0 saturated carbocycles. The van der Waals surface area contributed by atoms with Crippen LogP contribution in [0.5, 0.6) is 0 Å². The van der Waals surface area contributed by atoms with E-state index in [0.717, 1.165) is 50.7 Å². The number of benzene rings is 1. The van der Waals surface area contributed by atoms with Crippen LogP contribution in [0.1, 0.15) is 54.9 Å². The van der Waals surface area contributed by atoms with Crippen molar-refractivity contribution in [3.05, 3.63) is 52.2 Å². The molecule has 2 aromatic heterocycles. The topological polar surface area (TPSA) is 41.0 Å². The summed E-state index contributed by atoms with van der Waals surface area (Å²) in [6, 6.07) is 10.5. The zero-order chi connectivity index (χ0) is 20.1. The molecule has 4 rings (SSSR count). The first-order valence-electron chi connectivity index (χ1n) is 11.1. The minimum absolute atomic E-state index is 0.785. The normalized spacial score (nSPS) is 13.8. The lowest BCUT2D eigenvalue weighted by molar-refractivity contribution is 0.303. The molecule has 0 radical (unpaired) electrons. The molecule has 154 valence electrons. The standard InChI is InChI=1S/C24H32N4S/c1-3-28(4-2)16-10-15-25-23-22-19-13-8-9-14-20(19)29-24(22)27-21(26-23)17-18-11-6-5-7-12-18/h5-7,11-12H,3-4,8-10,13-17H2,1-2H3,(H,25,26,27). The number of rotatable bonds is 9. The van der Waals surface area contributed by atoms with E-state index in [1.54, 1.807) is 0 Å².